The van der Waals surface area contributed by atoms with Crippen LogP contribution in [0.3, 0.4) is 0 Å². The molecular weight excluding hydrogens is 248 g/mol. The molecule has 0 saturated carbocycles. The number of fused-ring (bicyclic) bond motifs is 1. The van der Waals surface area contributed by atoms with Crippen LogP contribution in [0.4, 0.5) is 4.79 Å². The van der Waals surface area contributed by atoms with Crippen molar-refractivity contribution in [2.24, 2.45) is 10.8 Å². The van der Waals surface area contributed by atoms with Gasteiger partial charge in [-0.2, -0.15) is 5.10 Å². The fourth-order valence-corrected chi connectivity index (χ4v) is 1.69. The lowest BCUT2D eigenvalue weighted by atomic mass is 10.1. The number of nitrogens with zero attached hydrogens (tertiary/aromatic N) is 1. The van der Waals surface area contributed by atoms with Crippen molar-refractivity contribution >= 4 is 23.1 Å². The lowest BCUT2D eigenvalue weighted by Gasteiger charge is -2.04. The van der Waals surface area contributed by atoms with E-state index in [0.717, 1.165) is 11.8 Å². The molecule has 0 bridgehead atoms. The van der Waals surface area contributed by atoms with Crippen LogP contribution in [-0.4, -0.2) is 22.3 Å². The molecule has 1 heterocycles. The third-order valence-corrected chi connectivity index (χ3v) is 2.55. The summed E-state index contributed by atoms with van der Waals surface area (Å²) in [6.45, 7) is 1.87. The molecule has 2 rings (SSSR count). The minimum Gasteiger partial charge on any atom is -0.506 e. The van der Waals surface area contributed by atoms with Crippen molar-refractivity contribution in [3.63, 3.8) is 0 Å². The molecule has 0 fully saturated rings. The van der Waals surface area contributed by atoms with E-state index >= 15 is 0 Å². The Kier molecular flexibility index (Phi) is 3.19. The van der Waals surface area contributed by atoms with Crippen LogP contribution in [0.15, 0.2) is 28.1 Å². The second kappa shape index (κ2) is 4.81. The minimum absolute atomic E-state index is 0.0492. The zero-order valence-electron chi connectivity index (χ0n) is 10.1. The van der Waals surface area contributed by atoms with Crippen LogP contribution in [0.5, 0.6) is 5.75 Å². The number of aromatic hydroxyl groups is 1. The molecule has 0 aliphatic carbocycles. The molecule has 0 unspecified atom stereocenters. The molecular formula is C12H12N4O3. The van der Waals surface area contributed by atoms with Crippen molar-refractivity contribution in [3.05, 3.63) is 39.7 Å². The predicted octanol–water partition coefficient (Wildman–Crippen LogP) is 0.544. The fraction of sp³-hybridized carbons (Fsp3) is 0.0833. The van der Waals surface area contributed by atoms with Crippen molar-refractivity contribution in [1.82, 2.24) is 10.4 Å². The molecule has 98 valence electrons. The first-order chi connectivity index (χ1) is 8.99. The molecule has 0 radical (unpaired) electrons. The number of nitrogens with one attached hydrogen (secondary N) is 2. The van der Waals surface area contributed by atoms with Gasteiger partial charge in [0.15, 0.2) is 0 Å². The Morgan fingerprint density at radius 1 is 1.53 bits per heavy atom. The molecule has 0 saturated heterocycles. The minimum atomic E-state index is -0.858. The van der Waals surface area contributed by atoms with E-state index in [9.17, 15) is 14.7 Å². The van der Waals surface area contributed by atoms with Gasteiger partial charge in [0.2, 0.25) is 0 Å². The lowest BCUT2D eigenvalue weighted by Crippen LogP contribution is -2.25. The van der Waals surface area contributed by atoms with E-state index in [1.807, 2.05) is 18.4 Å². The zero-order valence-corrected chi connectivity index (χ0v) is 10.1. The van der Waals surface area contributed by atoms with Gasteiger partial charge in [-0.1, -0.05) is 11.6 Å². The summed E-state index contributed by atoms with van der Waals surface area (Å²) in [6, 6.07) is 4.40. The highest BCUT2D eigenvalue weighted by Crippen LogP contribution is 2.24. The van der Waals surface area contributed by atoms with E-state index < -0.39 is 11.6 Å². The van der Waals surface area contributed by atoms with Gasteiger partial charge in [-0.25, -0.2) is 10.2 Å². The summed E-state index contributed by atoms with van der Waals surface area (Å²) in [4.78, 5) is 24.8. The molecule has 19 heavy (non-hydrogen) atoms. The van der Waals surface area contributed by atoms with Crippen LogP contribution < -0.4 is 16.7 Å². The number of hydrogen-bond donors (Lipinski definition) is 4. The summed E-state index contributed by atoms with van der Waals surface area (Å²) in [5.74, 6) is -0.197. The maximum Gasteiger partial charge on any atom is 0.332 e. The van der Waals surface area contributed by atoms with E-state index in [2.05, 4.69) is 10.1 Å². The molecule has 1 aromatic carbocycles. The Balaban J connectivity index is 2.58. The quantitative estimate of drug-likeness (QED) is 0.466. The van der Waals surface area contributed by atoms with Crippen LogP contribution in [0.25, 0.3) is 10.9 Å². The van der Waals surface area contributed by atoms with Crippen LogP contribution in [0.2, 0.25) is 0 Å². The molecule has 1 aromatic heterocycles. The number of aryl methyl sites for hydroxylation is 1. The van der Waals surface area contributed by atoms with Gasteiger partial charge in [-0.15, -0.1) is 0 Å². The second-order valence-electron chi connectivity index (χ2n) is 4.00. The fourth-order valence-electron chi connectivity index (χ4n) is 1.69. The molecule has 0 aliphatic rings. The number of pyridine rings is 1. The molecule has 5 N–H and O–H groups in total. The number of amides is 2. The molecule has 0 atom stereocenters. The molecule has 7 heteroatoms. The number of hydrogen-bond acceptors (Lipinski definition) is 4. The molecule has 2 amide bonds. The van der Waals surface area contributed by atoms with Gasteiger partial charge in [-0.05, 0) is 19.1 Å². The first kappa shape index (κ1) is 12.6. The molecule has 0 spiro atoms. The monoisotopic (exact) mass is 260 g/mol. The largest absolute Gasteiger partial charge is 0.506 e. The lowest BCUT2D eigenvalue weighted by molar-refractivity contribution is 0.249. The Hall–Kier alpha value is -2.83. The smallest absolute Gasteiger partial charge is 0.332 e. The zero-order chi connectivity index (χ0) is 14.0. The van der Waals surface area contributed by atoms with Crippen molar-refractivity contribution < 1.29 is 9.90 Å². The first-order valence-corrected chi connectivity index (χ1v) is 5.43. The average Bonchev–Trinajstić information content (AvgIpc) is 2.34. The number of carbonyl (C=O) groups excluding carboxylic acids is 1. The van der Waals surface area contributed by atoms with Crippen LogP contribution in [0, 0.1) is 6.92 Å². The third kappa shape index (κ3) is 2.54. The van der Waals surface area contributed by atoms with E-state index in [1.165, 1.54) is 0 Å². The third-order valence-electron chi connectivity index (χ3n) is 2.55. The maximum absolute atomic E-state index is 11.8. The highest BCUT2D eigenvalue weighted by atomic mass is 16.3. The number of aromatic nitrogens is 1. The van der Waals surface area contributed by atoms with Crippen molar-refractivity contribution in [1.29, 1.82) is 0 Å². The van der Waals surface area contributed by atoms with Crippen molar-refractivity contribution in [3.8, 4) is 5.75 Å². The summed E-state index contributed by atoms with van der Waals surface area (Å²) < 4.78 is 0. The van der Waals surface area contributed by atoms with Crippen molar-refractivity contribution in [2.45, 2.75) is 6.92 Å². The molecule has 2 aromatic rings. The summed E-state index contributed by atoms with van der Waals surface area (Å²) >= 11 is 0. The van der Waals surface area contributed by atoms with Gasteiger partial charge in [0.25, 0.3) is 5.56 Å². The number of benzene rings is 1. The maximum atomic E-state index is 11.8. The Bertz CT molecular complexity index is 734. The van der Waals surface area contributed by atoms with Crippen LogP contribution in [0.1, 0.15) is 11.1 Å². The van der Waals surface area contributed by atoms with Gasteiger partial charge in [0.05, 0.1) is 11.7 Å². The Morgan fingerprint density at radius 3 is 2.95 bits per heavy atom. The number of hydrazone groups is 1. The second-order valence-corrected chi connectivity index (χ2v) is 4.00. The number of H-pyrrole nitrogens is 1. The van der Waals surface area contributed by atoms with E-state index in [1.54, 1.807) is 12.1 Å². The van der Waals surface area contributed by atoms with E-state index in [-0.39, 0.29) is 11.3 Å². The number of rotatable bonds is 2. The van der Waals surface area contributed by atoms with Crippen LogP contribution >= 0.6 is 0 Å². The standard InChI is InChI=1S/C12H12N4O3/c1-6-2-3-9-7(4-6)10(17)8(11(18)15-9)5-14-16-12(13)19/h2-5H,1H3,(H3,13,16,19)(H2,15,17,18). The molecule has 7 nitrogen and oxygen atoms in total. The first-order valence-electron chi connectivity index (χ1n) is 5.43. The number of primary amides is 1. The van der Waals surface area contributed by atoms with Crippen LogP contribution in [-0.2, 0) is 0 Å². The SMILES string of the molecule is Cc1ccc2[nH]c(=O)c(C=NNC(N)=O)c(O)c2c1. The van der Waals surface area contributed by atoms with Gasteiger partial charge in [0, 0.05) is 5.39 Å². The Labute approximate surface area is 107 Å². The molecule has 0 aliphatic heterocycles. The predicted molar refractivity (Wildman–Crippen MR) is 71.3 cm³/mol. The van der Waals surface area contributed by atoms with Gasteiger partial charge in [-0.3, -0.25) is 4.79 Å². The normalized spacial score (nSPS) is 11.0. The summed E-state index contributed by atoms with van der Waals surface area (Å²) in [5.41, 5.74) is 7.68. The highest BCUT2D eigenvalue weighted by Gasteiger charge is 2.10. The van der Waals surface area contributed by atoms with Gasteiger partial charge in [0.1, 0.15) is 11.3 Å². The summed E-state index contributed by atoms with van der Waals surface area (Å²) in [7, 11) is 0. The summed E-state index contributed by atoms with van der Waals surface area (Å²) in [5, 5.41) is 14.0. The van der Waals surface area contributed by atoms with E-state index in [4.69, 9.17) is 5.73 Å². The summed E-state index contributed by atoms with van der Waals surface area (Å²) in [6.07, 6.45) is 1.04. The number of carbonyl (C=O) groups is 1. The van der Waals surface area contributed by atoms with Gasteiger partial charge < -0.3 is 15.8 Å². The van der Waals surface area contributed by atoms with Crippen molar-refractivity contribution in [2.75, 3.05) is 0 Å². The topological polar surface area (TPSA) is 121 Å². The average molecular weight is 260 g/mol. The van der Waals surface area contributed by atoms with E-state index in [0.29, 0.717) is 10.9 Å². The Morgan fingerprint density at radius 2 is 2.26 bits per heavy atom. The van der Waals surface area contributed by atoms with Gasteiger partial charge >= 0.3 is 6.03 Å². The number of nitrogens with two attached hydrogens (primary N) is 1. The number of urea groups is 1. The highest BCUT2D eigenvalue weighted by molar-refractivity contribution is 5.95. The number of aromatic amines is 1.